The molecule has 0 unspecified atom stereocenters. The largest absolute Gasteiger partial charge is 0.0616 e. The molecule has 0 bridgehead atoms. The van der Waals surface area contributed by atoms with Crippen molar-refractivity contribution in [3.63, 3.8) is 0 Å². The zero-order valence-electron chi connectivity index (χ0n) is 26.2. The summed E-state index contributed by atoms with van der Waals surface area (Å²) in [4.78, 5) is 0. The summed E-state index contributed by atoms with van der Waals surface area (Å²) in [6.07, 6.45) is 0. The minimum atomic E-state index is 1.27. The van der Waals surface area contributed by atoms with E-state index in [-0.39, 0.29) is 0 Å². The summed E-state index contributed by atoms with van der Waals surface area (Å²) >= 11 is 0. The van der Waals surface area contributed by atoms with Crippen LogP contribution in [0.3, 0.4) is 0 Å². The Morgan fingerprint density at radius 1 is 0.188 bits per heavy atom. The highest BCUT2D eigenvalue weighted by Gasteiger charge is 2.20. The van der Waals surface area contributed by atoms with Gasteiger partial charge in [-0.15, -0.1) is 0 Å². The molecule has 0 aliphatic rings. The van der Waals surface area contributed by atoms with Gasteiger partial charge in [-0.1, -0.05) is 158 Å². The van der Waals surface area contributed by atoms with Crippen LogP contribution in [0.1, 0.15) is 0 Å². The Balaban J connectivity index is 1.39. The fourth-order valence-electron chi connectivity index (χ4n) is 8.76. The summed E-state index contributed by atoms with van der Waals surface area (Å²) < 4.78 is 0. The van der Waals surface area contributed by atoms with Crippen LogP contribution in [0.5, 0.6) is 0 Å². The van der Waals surface area contributed by atoms with Gasteiger partial charge in [0.15, 0.2) is 0 Å². The second kappa shape index (κ2) is 9.64. The van der Waals surface area contributed by atoms with Gasteiger partial charge < -0.3 is 0 Å². The Hall–Kier alpha value is -6.24. The van der Waals surface area contributed by atoms with Crippen LogP contribution >= 0.6 is 0 Å². The fraction of sp³-hybridized carbons (Fsp3) is 0. The number of hydrogen-bond acceptors (Lipinski definition) is 0. The van der Waals surface area contributed by atoms with Gasteiger partial charge in [-0.05, 0) is 121 Å². The molecule has 0 nitrogen and oxygen atoms in total. The number of hydrogen-bond donors (Lipinski definition) is 0. The zero-order valence-corrected chi connectivity index (χ0v) is 26.2. The molecule has 48 heavy (non-hydrogen) atoms. The van der Waals surface area contributed by atoms with E-state index < -0.39 is 0 Å². The van der Waals surface area contributed by atoms with Crippen molar-refractivity contribution < 1.29 is 0 Å². The maximum absolute atomic E-state index is 2.43. The molecule has 11 aromatic rings. The van der Waals surface area contributed by atoms with E-state index in [4.69, 9.17) is 0 Å². The first-order valence-corrected chi connectivity index (χ1v) is 16.8. The third-order valence-corrected chi connectivity index (χ3v) is 10.7. The number of fused-ring (bicyclic) bond motifs is 4. The average Bonchev–Trinajstić information content (AvgIpc) is 3.15. The second-order valence-electron chi connectivity index (χ2n) is 13.2. The molecule has 11 rings (SSSR count). The lowest BCUT2D eigenvalue weighted by Crippen LogP contribution is -1.92. The zero-order chi connectivity index (χ0) is 31.3. The Kier molecular flexibility index (Phi) is 5.20. The van der Waals surface area contributed by atoms with E-state index in [0.29, 0.717) is 0 Å². The predicted molar refractivity (Wildman–Crippen MR) is 209 cm³/mol. The molecule has 0 heterocycles. The molecule has 0 heteroatoms. The molecule has 0 aliphatic carbocycles. The predicted octanol–water partition coefficient (Wildman–Crippen LogP) is 13.7. The van der Waals surface area contributed by atoms with Crippen molar-refractivity contribution in [2.45, 2.75) is 0 Å². The summed E-state index contributed by atoms with van der Waals surface area (Å²) in [6, 6.07) is 63.5. The van der Waals surface area contributed by atoms with E-state index in [9.17, 15) is 0 Å². The molecular formula is C48H28. The van der Waals surface area contributed by atoms with Crippen molar-refractivity contribution in [3.8, 4) is 22.3 Å². The molecule has 11 aromatic carbocycles. The lowest BCUT2D eigenvalue weighted by Gasteiger charge is -2.20. The van der Waals surface area contributed by atoms with Gasteiger partial charge in [-0.3, -0.25) is 0 Å². The van der Waals surface area contributed by atoms with Crippen molar-refractivity contribution in [1.29, 1.82) is 0 Å². The van der Waals surface area contributed by atoms with Gasteiger partial charge in [0.1, 0.15) is 0 Å². The van der Waals surface area contributed by atoms with Gasteiger partial charge in [-0.2, -0.15) is 0 Å². The molecule has 0 fully saturated rings. The Morgan fingerprint density at radius 2 is 0.500 bits per heavy atom. The van der Waals surface area contributed by atoms with Crippen LogP contribution in [-0.2, 0) is 0 Å². The first-order valence-electron chi connectivity index (χ1n) is 16.8. The van der Waals surface area contributed by atoms with Gasteiger partial charge in [0, 0.05) is 0 Å². The first kappa shape index (κ1) is 25.9. The topological polar surface area (TPSA) is 0 Å². The monoisotopic (exact) mass is 604 g/mol. The van der Waals surface area contributed by atoms with E-state index in [1.165, 1.54) is 108 Å². The highest BCUT2D eigenvalue weighted by atomic mass is 14.2. The van der Waals surface area contributed by atoms with Gasteiger partial charge in [0.05, 0.1) is 0 Å². The lowest BCUT2D eigenvalue weighted by atomic mass is 9.83. The normalized spacial score (nSPS) is 12.2. The van der Waals surface area contributed by atoms with Crippen molar-refractivity contribution in [1.82, 2.24) is 0 Å². The van der Waals surface area contributed by atoms with Gasteiger partial charge >= 0.3 is 0 Å². The van der Waals surface area contributed by atoms with Crippen LogP contribution in [0, 0.1) is 0 Å². The molecule has 0 aliphatic heterocycles. The Labute approximate surface area is 277 Å². The summed E-state index contributed by atoms with van der Waals surface area (Å²) in [5.74, 6) is 0. The van der Waals surface area contributed by atoms with Crippen molar-refractivity contribution >= 4 is 86.2 Å². The SMILES string of the molecule is c1ccc2c(-c3cc4cccc5c6cccc7c(-c8cccc9ccccc89)cc8cccc(c9cccc3c9c45)c8c76)cccc2c1. The smallest absolute Gasteiger partial charge is 0.00141 e. The first-order chi connectivity index (χ1) is 23.8. The highest BCUT2D eigenvalue weighted by Crippen LogP contribution is 2.48. The van der Waals surface area contributed by atoms with E-state index in [0.717, 1.165) is 0 Å². The third kappa shape index (κ3) is 3.44. The van der Waals surface area contributed by atoms with E-state index >= 15 is 0 Å². The van der Waals surface area contributed by atoms with Crippen LogP contribution in [0.4, 0.5) is 0 Å². The van der Waals surface area contributed by atoms with E-state index in [1.54, 1.807) is 0 Å². The van der Waals surface area contributed by atoms with Crippen molar-refractivity contribution in [3.05, 3.63) is 170 Å². The molecular weight excluding hydrogens is 577 g/mol. The van der Waals surface area contributed by atoms with Crippen LogP contribution < -0.4 is 0 Å². The summed E-state index contributed by atoms with van der Waals surface area (Å²) in [5, 5.41) is 20.8. The number of rotatable bonds is 2. The summed E-state index contributed by atoms with van der Waals surface area (Å²) in [7, 11) is 0. The van der Waals surface area contributed by atoms with Crippen LogP contribution in [0.2, 0.25) is 0 Å². The van der Waals surface area contributed by atoms with Gasteiger partial charge in [0.25, 0.3) is 0 Å². The standard InChI is InChI=1S/C48H28/c1-3-17-33-29(11-1)13-5-19-35(33)43-27-31-15-7-21-38-40-24-10-26-42-44(36-20-6-14-30-12-2-4-18-34(30)36)28-32-16-8-22-37(46(32)48(40)42)39-23-9-25-41(43)47(39)45(31)38/h1-28H. The molecule has 0 amide bonds. The molecule has 0 saturated heterocycles. The third-order valence-electron chi connectivity index (χ3n) is 10.7. The maximum atomic E-state index is 2.43. The van der Waals surface area contributed by atoms with Crippen LogP contribution in [-0.4, -0.2) is 0 Å². The quantitative estimate of drug-likeness (QED) is 0.172. The summed E-state index contributed by atoms with van der Waals surface area (Å²) in [6.45, 7) is 0. The molecule has 220 valence electrons. The molecule has 0 N–H and O–H groups in total. The second-order valence-corrected chi connectivity index (χ2v) is 13.2. The summed E-state index contributed by atoms with van der Waals surface area (Å²) in [5.41, 5.74) is 5.12. The number of benzene rings is 10. The minimum Gasteiger partial charge on any atom is -0.0616 e. The molecule has 0 radical (unpaired) electrons. The molecule has 0 saturated carbocycles. The Bertz CT molecular complexity index is 2880. The van der Waals surface area contributed by atoms with E-state index in [2.05, 4.69) is 170 Å². The molecule has 0 aromatic heterocycles. The van der Waals surface area contributed by atoms with Crippen LogP contribution in [0.15, 0.2) is 170 Å². The van der Waals surface area contributed by atoms with E-state index in [1.807, 2.05) is 0 Å². The lowest BCUT2D eigenvalue weighted by molar-refractivity contribution is 1.70. The highest BCUT2D eigenvalue weighted by molar-refractivity contribution is 6.39. The average molecular weight is 605 g/mol. The van der Waals surface area contributed by atoms with Gasteiger partial charge in [-0.25, -0.2) is 0 Å². The van der Waals surface area contributed by atoms with Crippen molar-refractivity contribution in [2.24, 2.45) is 0 Å². The molecule has 0 atom stereocenters. The Morgan fingerprint density at radius 3 is 0.979 bits per heavy atom. The van der Waals surface area contributed by atoms with Crippen molar-refractivity contribution in [2.75, 3.05) is 0 Å². The molecule has 0 spiro atoms. The maximum Gasteiger partial charge on any atom is -0.00141 e. The van der Waals surface area contributed by atoms with Gasteiger partial charge in [0.2, 0.25) is 0 Å². The fourth-order valence-corrected chi connectivity index (χ4v) is 8.76. The minimum absolute atomic E-state index is 1.27. The van der Waals surface area contributed by atoms with Crippen LogP contribution in [0.25, 0.3) is 108 Å².